The Labute approximate surface area is 103 Å². The Morgan fingerprint density at radius 1 is 1.18 bits per heavy atom. The molecule has 0 radical (unpaired) electrons. The van der Waals surface area contributed by atoms with E-state index in [1.807, 2.05) is 12.1 Å². The Morgan fingerprint density at radius 3 is 2.47 bits per heavy atom. The molecule has 4 heteroatoms. The van der Waals surface area contributed by atoms with Crippen molar-refractivity contribution in [3.8, 4) is 5.75 Å². The van der Waals surface area contributed by atoms with E-state index in [0.717, 1.165) is 25.4 Å². The van der Waals surface area contributed by atoms with Crippen LogP contribution >= 0.6 is 0 Å². The number of rotatable bonds is 8. The molecule has 0 heterocycles. The lowest BCUT2D eigenvalue weighted by Gasteiger charge is -2.16. The topological polar surface area (TPSA) is 47.7 Å². The molecule has 0 unspecified atom stereocenters. The molecular formula is C13H22N2O2. The fourth-order valence-corrected chi connectivity index (χ4v) is 1.53. The van der Waals surface area contributed by atoms with Gasteiger partial charge in [0.15, 0.2) is 0 Å². The minimum atomic E-state index is 0.586. The number of hydrogen-bond donors (Lipinski definition) is 1. The van der Waals surface area contributed by atoms with Crippen LogP contribution in [0.25, 0.3) is 0 Å². The summed E-state index contributed by atoms with van der Waals surface area (Å²) in [5, 5.41) is 0. The summed E-state index contributed by atoms with van der Waals surface area (Å²) >= 11 is 0. The summed E-state index contributed by atoms with van der Waals surface area (Å²) in [6.45, 7) is 3.77. The van der Waals surface area contributed by atoms with Gasteiger partial charge in [-0.2, -0.15) is 0 Å². The van der Waals surface area contributed by atoms with Crippen molar-refractivity contribution in [1.29, 1.82) is 0 Å². The van der Waals surface area contributed by atoms with Crippen LogP contribution in [0, 0.1) is 0 Å². The van der Waals surface area contributed by atoms with Gasteiger partial charge in [-0.3, -0.25) is 4.90 Å². The molecule has 1 aromatic carbocycles. The van der Waals surface area contributed by atoms with Crippen molar-refractivity contribution < 1.29 is 9.47 Å². The van der Waals surface area contributed by atoms with Crippen LogP contribution in [0.15, 0.2) is 24.3 Å². The average molecular weight is 238 g/mol. The number of likely N-dealkylation sites (N-methyl/N-ethyl adjacent to an activating group) is 1. The molecular weight excluding hydrogens is 216 g/mol. The van der Waals surface area contributed by atoms with E-state index in [0.29, 0.717) is 13.2 Å². The maximum absolute atomic E-state index is 5.35. The average Bonchev–Trinajstić information content (AvgIpc) is 2.36. The number of nitrogens with two attached hydrogens (primary N) is 1. The molecule has 0 saturated heterocycles. The predicted molar refractivity (Wildman–Crippen MR) is 69.2 cm³/mol. The summed E-state index contributed by atoms with van der Waals surface area (Å²) in [5.74, 6) is 0.891. The van der Waals surface area contributed by atoms with Gasteiger partial charge in [0.05, 0.1) is 20.3 Å². The SMILES string of the molecule is COc1ccc(CN(C)CCOCCN)cc1. The van der Waals surface area contributed by atoms with Crippen molar-refractivity contribution in [2.45, 2.75) is 6.54 Å². The van der Waals surface area contributed by atoms with Crippen LogP contribution in [0.1, 0.15) is 5.56 Å². The van der Waals surface area contributed by atoms with Gasteiger partial charge < -0.3 is 15.2 Å². The normalized spacial score (nSPS) is 10.8. The molecule has 0 atom stereocenters. The summed E-state index contributed by atoms with van der Waals surface area (Å²) in [6.07, 6.45) is 0. The van der Waals surface area contributed by atoms with Crippen molar-refractivity contribution in [1.82, 2.24) is 4.90 Å². The van der Waals surface area contributed by atoms with Crippen LogP contribution < -0.4 is 10.5 Å². The van der Waals surface area contributed by atoms with Crippen LogP contribution in [0.2, 0.25) is 0 Å². The van der Waals surface area contributed by atoms with E-state index in [1.165, 1.54) is 5.56 Å². The highest BCUT2D eigenvalue weighted by molar-refractivity contribution is 5.26. The minimum Gasteiger partial charge on any atom is -0.497 e. The van der Waals surface area contributed by atoms with Crippen LogP contribution in [-0.2, 0) is 11.3 Å². The zero-order chi connectivity index (χ0) is 12.5. The third kappa shape index (κ3) is 5.68. The molecule has 1 rings (SSSR count). The molecule has 96 valence electrons. The minimum absolute atomic E-state index is 0.586. The molecule has 0 spiro atoms. The molecule has 4 nitrogen and oxygen atoms in total. The Morgan fingerprint density at radius 2 is 1.88 bits per heavy atom. The van der Waals surface area contributed by atoms with E-state index in [1.54, 1.807) is 7.11 Å². The molecule has 17 heavy (non-hydrogen) atoms. The Bertz CT molecular complexity index is 301. The molecule has 0 fully saturated rings. The summed E-state index contributed by atoms with van der Waals surface area (Å²) in [5.41, 5.74) is 6.62. The summed E-state index contributed by atoms with van der Waals surface area (Å²) < 4.78 is 10.5. The highest BCUT2D eigenvalue weighted by atomic mass is 16.5. The van der Waals surface area contributed by atoms with Crippen molar-refractivity contribution in [2.24, 2.45) is 5.73 Å². The molecule has 0 saturated carbocycles. The number of methoxy groups -OCH3 is 1. The number of nitrogens with zero attached hydrogens (tertiary/aromatic N) is 1. The lowest BCUT2D eigenvalue weighted by molar-refractivity contribution is 0.115. The van der Waals surface area contributed by atoms with Crippen molar-refractivity contribution >= 4 is 0 Å². The first-order valence-electron chi connectivity index (χ1n) is 5.85. The van der Waals surface area contributed by atoms with E-state index < -0.39 is 0 Å². The number of benzene rings is 1. The Hall–Kier alpha value is -1.10. The smallest absolute Gasteiger partial charge is 0.118 e. The quantitative estimate of drug-likeness (QED) is 0.689. The maximum Gasteiger partial charge on any atom is 0.118 e. The summed E-state index contributed by atoms with van der Waals surface area (Å²) in [4.78, 5) is 2.22. The first-order valence-corrected chi connectivity index (χ1v) is 5.85. The van der Waals surface area contributed by atoms with Gasteiger partial charge in [-0.15, -0.1) is 0 Å². The standard InChI is InChI=1S/C13H22N2O2/c1-15(8-10-17-9-7-14)11-12-3-5-13(16-2)6-4-12/h3-6H,7-11,14H2,1-2H3. The van der Waals surface area contributed by atoms with Crippen LogP contribution in [-0.4, -0.2) is 45.4 Å². The largest absolute Gasteiger partial charge is 0.497 e. The second-order valence-corrected chi connectivity index (χ2v) is 3.99. The first kappa shape index (κ1) is 14.0. The van der Waals surface area contributed by atoms with Gasteiger partial charge in [-0.1, -0.05) is 12.1 Å². The monoisotopic (exact) mass is 238 g/mol. The molecule has 0 bridgehead atoms. The Balaban J connectivity index is 2.26. The highest BCUT2D eigenvalue weighted by Crippen LogP contribution is 2.12. The van der Waals surface area contributed by atoms with E-state index in [9.17, 15) is 0 Å². The van der Waals surface area contributed by atoms with Crippen LogP contribution in [0.5, 0.6) is 5.75 Å². The predicted octanol–water partition coefficient (Wildman–Crippen LogP) is 1.10. The molecule has 0 aliphatic rings. The van der Waals surface area contributed by atoms with E-state index >= 15 is 0 Å². The Kier molecular flexibility index (Phi) is 6.62. The maximum atomic E-state index is 5.35. The molecule has 0 aliphatic carbocycles. The summed E-state index contributed by atoms with van der Waals surface area (Å²) in [6, 6.07) is 8.12. The van der Waals surface area contributed by atoms with Crippen molar-refractivity contribution in [3.05, 3.63) is 29.8 Å². The van der Waals surface area contributed by atoms with Gasteiger partial charge in [0, 0.05) is 19.6 Å². The third-order valence-corrected chi connectivity index (χ3v) is 2.49. The second-order valence-electron chi connectivity index (χ2n) is 3.99. The second kappa shape index (κ2) is 8.06. The van der Waals surface area contributed by atoms with Gasteiger partial charge in [0.25, 0.3) is 0 Å². The van der Waals surface area contributed by atoms with Gasteiger partial charge in [0.1, 0.15) is 5.75 Å². The number of hydrogen-bond acceptors (Lipinski definition) is 4. The molecule has 0 aliphatic heterocycles. The molecule has 1 aromatic rings. The van der Waals surface area contributed by atoms with E-state index in [2.05, 4.69) is 24.1 Å². The van der Waals surface area contributed by atoms with Crippen molar-refractivity contribution in [3.63, 3.8) is 0 Å². The molecule has 0 amide bonds. The fraction of sp³-hybridized carbons (Fsp3) is 0.538. The highest BCUT2D eigenvalue weighted by Gasteiger charge is 2.00. The van der Waals surface area contributed by atoms with E-state index in [-0.39, 0.29) is 0 Å². The van der Waals surface area contributed by atoms with Gasteiger partial charge in [-0.25, -0.2) is 0 Å². The lowest BCUT2D eigenvalue weighted by Crippen LogP contribution is -2.23. The van der Waals surface area contributed by atoms with Gasteiger partial charge in [-0.05, 0) is 24.7 Å². The van der Waals surface area contributed by atoms with Gasteiger partial charge in [0.2, 0.25) is 0 Å². The van der Waals surface area contributed by atoms with Gasteiger partial charge >= 0.3 is 0 Å². The van der Waals surface area contributed by atoms with Crippen LogP contribution in [0.4, 0.5) is 0 Å². The first-order chi connectivity index (χ1) is 8.26. The third-order valence-electron chi connectivity index (χ3n) is 2.49. The fourth-order valence-electron chi connectivity index (χ4n) is 1.53. The zero-order valence-electron chi connectivity index (χ0n) is 10.7. The number of ether oxygens (including phenoxy) is 2. The van der Waals surface area contributed by atoms with Crippen molar-refractivity contribution in [2.75, 3.05) is 40.5 Å². The zero-order valence-corrected chi connectivity index (χ0v) is 10.7. The summed E-state index contributed by atoms with van der Waals surface area (Å²) in [7, 11) is 3.76. The van der Waals surface area contributed by atoms with Crippen LogP contribution in [0.3, 0.4) is 0 Å². The molecule has 2 N–H and O–H groups in total. The molecule has 0 aromatic heterocycles. The van der Waals surface area contributed by atoms with E-state index in [4.69, 9.17) is 15.2 Å². The lowest BCUT2D eigenvalue weighted by atomic mass is 10.2.